The number of thiophene rings is 1. The third kappa shape index (κ3) is 2.04. The van der Waals surface area contributed by atoms with Gasteiger partial charge in [0.25, 0.3) is 5.91 Å². The van der Waals surface area contributed by atoms with Crippen LogP contribution in [0.15, 0.2) is 46.6 Å². The van der Waals surface area contributed by atoms with Crippen molar-refractivity contribution in [1.82, 2.24) is 9.38 Å². The molecule has 0 saturated heterocycles. The summed E-state index contributed by atoms with van der Waals surface area (Å²) >= 11 is 4.81. The number of pyridine rings is 1. The molecule has 6 heteroatoms. The number of hydrogen-bond acceptors (Lipinski definition) is 3. The van der Waals surface area contributed by atoms with Crippen LogP contribution in [-0.4, -0.2) is 15.3 Å². The van der Waals surface area contributed by atoms with Gasteiger partial charge in [-0.3, -0.25) is 9.20 Å². The van der Waals surface area contributed by atoms with E-state index in [1.807, 2.05) is 34.2 Å². The number of nitrogens with one attached hydrogen (secondary N) is 1. The van der Waals surface area contributed by atoms with Crippen LogP contribution < -0.4 is 5.32 Å². The number of carbonyl (C=O) groups is 1. The van der Waals surface area contributed by atoms with Crippen LogP contribution in [0.3, 0.4) is 0 Å². The first-order chi connectivity index (χ1) is 8.74. The van der Waals surface area contributed by atoms with Crippen molar-refractivity contribution >= 4 is 44.5 Å². The van der Waals surface area contributed by atoms with Crippen LogP contribution in [0.2, 0.25) is 0 Å². The van der Waals surface area contributed by atoms with E-state index in [0.717, 1.165) is 15.9 Å². The van der Waals surface area contributed by atoms with Crippen molar-refractivity contribution in [2.75, 3.05) is 5.32 Å². The Morgan fingerprint density at radius 1 is 1.39 bits per heavy atom. The molecule has 0 bridgehead atoms. The number of halogens is 1. The summed E-state index contributed by atoms with van der Waals surface area (Å²) < 4.78 is 2.72. The Bertz CT molecular complexity index is 705. The van der Waals surface area contributed by atoms with Crippen LogP contribution in [0.1, 0.15) is 9.67 Å². The third-order valence-corrected chi connectivity index (χ3v) is 3.92. The smallest absolute Gasteiger partial charge is 0.265 e. The van der Waals surface area contributed by atoms with Crippen molar-refractivity contribution in [2.24, 2.45) is 0 Å². The summed E-state index contributed by atoms with van der Waals surface area (Å²) in [6.07, 6.45) is 3.55. The average Bonchev–Trinajstić information content (AvgIpc) is 3.00. The molecule has 0 fully saturated rings. The monoisotopic (exact) mass is 321 g/mol. The van der Waals surface area contributed by atoms with E-state index in [0.29, 0.717) is 4.88 Å². The molecule has 4 nitrogen and oxygen atoms in total. The highest BCUT2D eigenvalue weighted by molar-refractivity contribution is 9.10. The van der Waals surface area contributed by atoms with Gasteiger partial charge in [-0.05, 0) is 39.5 Å². The standard InChI is InChI=1S/C12H8BrN3OS/c13-10-6-14-11-4-3-8(7-16(10)11)15-12(17)9-2-1-5-18-9/h1-7H,(H,15,17). The molecule has 3 aromatic heterocycles. The molecule has 1 amide bonds. The van der Waals surface area contributed by atoms with Crippen molar-refractivity contribution in [3.05, 3.63) is 51.5 Å². The van der Waals surface area contributed by atoms with Gasteiger partial charge >= 0.3 is 0 Å². The maximum Gasteiger partial charge on any atom is 0.265 e. The minimum Gasteiger partial charge on any atom is -0.320 e. The minimum absolute atomic E-state index is 0.0967. The van der Waals surface area contributed by atoms with E-state index in [2.05, 4.69) is 26.2 Å². The second-order valence-corrected chi connectivity index (χ2v) is 5.42. The fourth-order valence-corrected chi connectivity index (χ4v) is 2.63. The summed E-state index contributed by atoms with van der Waals surface area (Å²) in [4.78, 5) is 16.8. The molecule has 0 radical (unpaired) electrons. The molecule has 0 aliphatic heterocycles. The average molecular weight is 322 g/mol. The molecular weight excluding hydrogens is 314 g/mol. The Hall–Kier alpha value is -1.66. The van der Waals surface area contributed by atoms with Crippen LogP contribution in [0.25, 0.3) is 5.65 Å². The van der Waals surface area contributed by atoms with E-state index in [4.69, 9.17) is 0 Å². The van der Waals surface area contributed by atoms with Gasteiger partial charge in [-0.25, -0.2) is 4.98 Å². The molecule has 0 spiro atoms. The fraction of sp³-hybridized carbons (Fsp3) is 0. The topological polar surface area (TPSA) is 46.4 Å². The Morgan fingerprint density at radius 3 is 3.06 bits per heavy atom. The molecular formula is C12H8BrN3OS. The van der Waals surface area contributed by atoms with Crippen LogP contribution in [0.4, 0.5) is 5.69 Å². The van der Waals surface area contributed by atoms with E-state index >= 15 is 0 Å². The van der Waals surface area contributed by atoms with Crippen LogP contribution >= 0.6 is 27.3 Å². The van der Waals surface area contributed by atoms with Crippen molar-refractivity contribution in [1.29, 1.82) is 0 Å². The maximum atomic E-state index is 11.9. The highest BCUT2D eigenvalue weighted by Crippen LogP contribution is 2.18. The number of imidazole rings is 1. The number of fused-ring (bicyclic) bond motifs is 1. The Kier molecular flexibility index (Phi) is 2.89. The number of amides is 1. The van der Waals surface area contributed by atoms with Gasteiger partial charge in [-0.2, -0.15) is 0 Å². The van der Waals surface area contributed by atoms with Gasteiger partial charge in [-0.15, -0.1) is 11.3 Å². The molecule has 0 atom stereocenters. The first kappa shape index (κ1) is 11.4. The largest absolute Gasteiger partial charge is 0.320 e. The van der Waals surface area contributed by atoms with Crippen molar-refractivity contribution in [3.8, 4) is 0 Å². The van der Waals surface area contributed by atoms with E-state index < -0.39 is 0 Å². The molecule has 0 unspecified atom stereocenters. The molecule has 3 heterocycles. The van der Waals surface area contributed by atoms with E-state index in [-0.39, 0.29) is 5.91 Å². The lowest BCUT2D eigenvalue weighted by Gasteiger charge is -2.04. The molecule has 0 saturated carbocycles. The Balaban J connectivity index is 1.91. The zero-order valence-corrected chi connectivity index (χ0v) is 11.5. The van der Waals surface area contributed by atoms with Crippen LogP contribution in [0, 0.1) is 0 Å². The fourth-order valence-electron chi connectivity index (χ4n) is 1.63. The van der Waals surface area contributed by atoms with Gasteiger partial charge in [0.2, 0.25) is 0 Å². The summed E-state index contributed by atoms with van der Waals surface area (Å²) in [5, 5.41) is 4.74. The predicted molar refractivity (Wildman–Crippen MR) is 75.2 cm³/mol. The van der Waals surface area contributed by atoms with Crippen molar-refractivity contribution < 1.29 is 4.79 Å². The summed E-state index contributed by atoms with van der Waals surface area (Å²) in [7, 11) is 0. The number of carbonyl (C=O) groups excluding carboxylic acids is 1. The number of nitrogens with zero attached hydrogens (tertiary/aromatic N) is 2. The lowest BCUT2D eigenvalue weighted by atomic mass is 10.3. The van der Waals surface area contributed by atoms with Crippen molar-refractivity contribution in [2.45, 2.75) is 0 Å². The first-order valence-electron chi connectivity index (χ1n) is 5.21. The lowest BCUT2D eigenvalue weighted by Crippen LogP contribution is -2.10. The van der Waals surface area contributed by atoms with Gasteiger partial charge in [0.15, 0.2) is 0 Å². The van der Waals surface area contributed by atoms with Gasteiger partial charge in [0, 0.05) is 6.20 Å². The van der Waals surface area contributed by atoms with Gasteiger partial charge in [0.05, 0.1) is 16.8 Å². The Morgan fingerprint density at radius 2 is 2.28 bits per heavy atom. The SMILES string of the molecule is O=C(Nc1ccc2ncc(Br)n2c1)c1cccs1. The highest BCUT2D eigenvalue weighted by Gasteiger charge is 2.08. The summed E-state index contributed by atoms with van der Waals surface area (Å²) in [5.41, 5.74) is 1.57. The second-order valence-electron chi connectivity index (χ2n) is 3.66. The predicted octanol–water partition coefficient (Wildman–Crippen LogP) is 3.41. The zero-order chi connectivity index (χ0) is 12.5. The van der Waals surface area contributed by atoms with Crippen LogP contribution in [-0.2, 0) is 0 Å². The molecule has 1 N–H and O–H groups in total. The highest BCUT2D eigenvalue weighted by atomic mass is 79.9. The molecule has 0 aliphatic rings. The third-order valence-electron chi connectivity index (χ3n) is 2.46. The van der Waals surface area contributed by atoms with Gasteiger partial charge < -0.3 is 5.32 Å². The summed E-state index contributed by atoms with van der Waals surface area (Å²) in [6, 6.07) is 7.34. The zero-order valence-electron chi connectivity index (χ0n) is 9.13. The summed E-state index contributed by atoms with van der Waals surface area (Å²) in [5.74, 6) is -0.0967. The molecule has 3 aromatic rings. The normalized spacial score (nSPS) is 10.7. The molecule has 3 rings (SSSR count). The number of rotatable bonds is 2. The minimum atomic E-state index is -0.0967. The van der Waals surface area contributed by atoms with E-state index in [1.54, 1.807) is 12.3 Å². The molecule has 90 valence electrons. The van der Waals surface area contributed by atoms with Crippen molar-refractivity contribution in [3.63, 3.8) is 0 Å². The van der Waals surface area contributed by atoms with Gasteiger partial charge in [-0.1, -0.05) is 6.07 Å². The maximum absolute atomic E-state index is 11.9. The molecule has 18 heavy (non-hydrogen) atoms. The van der Waals surface area contributed by atoms with Gasteiger partial charge in [0.1, 0.15) is 10.3 Å². The quantitative estimate of drug-likeness (QED) is 0.786. The first-order valence-corrected chi connectivity index (χ1v) is 6.89. The van der Waals surface area contributed by atoms with Crippen LogP contribution in [0.5, 0.6) is 0 Å². The number of aromatic nitrogens is 2. The number of anilines is 1. The lowest BCUT2D eigenvalue weighted by molar-refractivity contribution is 0.103. The van der Waals surface area contributed by atoms with E-state index in [9.17, 15) is 4.79 Å². The number of hydrogen-bond donors (Lipinski definition) is 1. The molecule has 0 aliphatic carbocycles. The summed E-state index contributed by atoms with van der Waals surface area (Å²) in [6.45, 7) is 0. The molecule has 0 aromatic carbocycles. The second kappa shape index (κ2) is 4.55. The van der Waals surface area contributed by atoms with E-state index in [1.165, 1.54) is 11.3 Å². The Labute approximate surface area is 115 Å².